The zero-order valence-electron chi connectivity index (χ0n) is 10.1. The second-order valence-electron chi connectivity index (χ2n) is 4.93. The molecule has 0 aliphatic heterocycles. The molecule has 2 heteroatoms. The van der Waals surface area contributed by atoms with Crippen LogP contribution < -0.4 is 5.73 Å². The molecule has 1 nitrogen and oxygen atoms in total. The van der Waals surface area contributed by atoms with Crippen LogP contribution in [0.4, 0.5) is 0 Å². The van der Waals surface area contributed by atoms with Crippen molar-refractivity contribution >= 4 is 11.6 Å². The summed E-state index contributed by atoms with van der Waals surface area (Å²) < 4.78 is 0. The zero-order valence-corrected chi connectivity index (χ0v) is 10.9. The van der Waals surface area contributed by atoms with Crippen LogP contribution >= 0.6 is 11.6 Å². The molecule has 2 N–H and O–H groups in total. The lowest BCUT2D eigenvalue weighted by molar-refractivity contribution is 0.847. The number of nitrogens with two attached hydrogens (primary N) is 1. The van der Waals surface area contributed by atoms with Crippen molar-refractivity contribution in [3.8, 4) is 0 Å². The quantitative estimate of drug-likeness (QED) is 0.873. The molecule has 1 atom stereocenters. The first-order valence-electron chi connectivity index (χ1n) is 6.35. The van der Waals surface area contributed by atoms with E-state index in [0.29, 0.717) is 0 Å². The van der Waals surface area contributed by atoms with Gasteiger partial charge in [0.2, 0.25) is 0 Å². The van der Waals surface area contributed by atoms with E-state index in [1.807, 2.05) is 24.3 Å². The Bertz CT molecular complexity index is 543. The van der Waals surface area contributed by atoms with E-state index in [1.165, 1.54) is 24.0 Å². The molecule has 0 aromatic heterocycles. The zero-order chi connectivity index (χ0) is 12.5. The van der Waals surface area contributed by atoms with E-state index in [9.17, 15) is 0 Å². The predicted octanol–water partition coefficient (Wildman–Crippen LogP) is 4.27. The summed E-state index contributed by atoms with van der Waals surface area (Å²) in [6, 6.07) is 16.3. The molecule has 0 bridgehead atoms. The van der Waals surface area contributed by atoms with Gasteiger partial charge in [0, 0.05) is 5.02 Å². The van der Waals surface area contributed by atoms with Gasteiger partial charge < -0.3 is 5.73 Å². The smallest absolute Gasteiger partial charge is 0.0554 e. The van der Waals surface area contributed by atoms with Crippen LogP contribution in [0, 0.1) is 0 Å². The van der Waals surface area contributed by atoms with E-state index >= 15 is 0 Å². The first-order valence-corrected chi connectivity index (χ1v) is 6.73. The van der Waals surface area contributed by atoms with Gasteiger partial charge in [-0.3, -0.25) is 0 Å². The molecule has 92 valence electrons. The van der Waals surface area contributed by atoms with Crippen LogP contribution in [0.2, 0.25) is 5.02 Å². The van der Waals surface area contributed by atoms with Gasteiger partial charge in [-0.25, -0.2) is 0 Å². The normalized spacial score (nSPS) is 16.6. The molecule has 0 radical (unpaired) electrons. The highest BCUT2D eigenvalue weighted by atomic mass is 35.5. The van der Waals surface area contributed by atoms with Crippen LogP contribution in [0.15, 0.2) is 48.5 Å². The first-order chi connectivity index (χ1) is 8.75. The average Bonchev–Trinajstić information content (AvgIpc) is 3.23. The van der Waals surface area contributed by atoms with E-state index < -0.39 is 0 Å². The molecule has 3 rings (SSSR count). The topological polar surface area (TPSA) is 26.0 Å². The van der Waals surface area contributed by atoms with Crippen molar-refractivity contribution in [3.63, 3.8) is 0 Å². The third-order valence-corrected chi connectivity index (χ3v) is 3.83. The van der Waals surface area contributed by atoms with E-state index in [1.54, 1.807) is 0 Å². The molecule has 2 aromatic carbocycles. The van der Waals surface area contributed by atoms with Crippen molar-refractivity contribution in [2.24, 2.45) is 5.73 Å². The Labute approximate surface area is 113 Å². The van der Waals surface area contributed by atoms with Crippen LogP contribution in [0.1, 0.15) is 41.5 Å². The minimum atomic E-state index is -0.0564. The van der Waals surface area contributed by atoms with Crippen molar-refractivity contribution in [1.82, 2.24) is 0 Å². The maximum Gasteiger partial charge on any atom is 0.0554 e. The van der Waals surface area contributed by atoms with Crippen LogP contribution in [-0.4, -0.2) is 0 Å². The van der Waals surface area contributed by atoms with Crippen LogP contribution in [0.3, 0.4) is 0 Å². The monoisotopic (exact) mass is 257 g/mol. The van der Waals surface area contributed by atoms with Crippen LogP contribution in [0.25, 0.3) is 0 Å². The molecule has 0 spiro atoms. The summed E-state index contributed by atoms with van der Waals surface area (Å²) in [7, 11) is 0. The minimum absolute atomic E-state index is 0.0564. The Balaban J connectivity index is 1.96. The fraction of sp³-hybridized carbons (Fsp3) is 0.250. The minimum Gasteiger partial charge on any atom is -0.320 e. The Morgan fingerprint density at radius 1 is 1.00 bits per heavy atom. The van der Waals surface area contributed by atoms with Crippen molar-refractivity contribution in [3.05, 3.63) is 70.2 Å². The summed E-state index contributed by atoms with van der Waals surface area (Å²) in [6.07, 6.45) is 2.59. The summed E-state index contributed by atoms with van der Waals surface area (Å²) in [5.74, 6) is 0.722. The lowest BCUT2D eigenvalue weighted by atomic mass is 9.93. The van der Waals surface area contributed by atoms with Gasteiger partial charge in [-0.15, -0.1) is 0 Å². The maximum absolute atomic E-state index is 6.39. The van der Waals surface area contributed by atoms with Gasteiger partial charge in [0.05, 0.1) is 6.04 Å². The summed E-state index contributed by atoms with van der Waals surface area (Å²) >= 11 is 5.91. The Morgan fingerprint density at radius 2 is 1.67 bits per heavy atom. The van der Waals surface area contributed by atoms with E-state index in [2.05, 4.69) is 24.3 Å². The van der Waals surface area contributed by atoms with Gasteiger partial charge in [-0.2, -0.15) is 0 Å². The van der Waals surface area contributed by atoms with Gasteiger partial charge in [0.15, 0.2) is 0 Å². The number of benzene rings is 2. The molecule has 2 aromatic rings. The number of hydrogen-bond donors (Lipinski definition) is 1. The molecule has 1 aliphatic rings. The molecular weight excluding hydrogens is 242 g/mol. The molecule has 0 heterocycles. The van der Waals surface area contributed by atoms with Gasteiger partial charge in [-0.1, -0.05) is 48.0 Å². The molecule has 18 heavy (non-hydrogen) atoms. The summed E-state index contributed by atoms with van der Waals surface area (Å²) in [6.45, 7) is 0. The summed E-state index contributed by atoms with van der Waals surface area (Å²) in [4.78, 5) is 0. The molecule has 1 aliphatic carbocycles. The van der Waals surface area contributed by atoms with Gasteiger partial charge in [0.25, 0.3) is 0 Å². The largest absolute Gasteiger partial charge is 0.320 e. The number of hydrogen-bond acceptors (Lipinski definition) is 1. The standard InChI is InChI=1S/C16H16ClN/c17-13-9-7-12(8-10-13)16(18)15-4-2-1-3-14(15)11-5-6-11/h1-4,7-11,16H,5-6,18H2. The van der Waals surface area contributed by atoms with Gasteiger partial charge in [0.1, 0.15) is 0 Å². The molecule has 1 saturated carbocycles. The maximum atomic E-state index is 6.39. The second-order valence-corrected chi connectivity index (χ2v) is 5.37. The van der Waals surface area contributed by atoms with Crippen molar-refractivity contribution in [1.29, 1.82) is 0 Å². The molecule has 1 fully saturated rings. The first kappa shape index (κ1) is 11.8. The summed E-state index contributed by atoms with van der Waals surface area (Å²) in [5.41, 5.74) is 10.2. The second kappa shape index (κ2) is 4.75. The van der Waals surface area contributed by atoms with Crippen molar-refractivity contribution in [2.75, 3.05) is 0 Å². The number of rotatable bonds is 3. The van der Waals surface area contributed by atoms with Crippen LogP contribution in [-0.2, 0) is 0 Å². The molecule has 0 amide bonds. The Kier molecular flexibility index (Phi) is 3.11. The van der Waals surface area contributed by atoms with Crippen molar-refractivity contribution in [2.45, 2.75) is 24.8 Å². The fourth-order valence-corrected chi connectivity index (χ4v) is 2.54. The summed E-state index contributed by atoms with van der Waals surface area (Å²) in [5, 5.41) is 0.751. The third-order valence-electron chi connectivity index (χ3n) is 3.58. The van der Waals surface area contributed by atoms with Crippen molar-refractivity contribution < 1.29 is 0 Å². The highest BCUT2D eigenvalue weighted by Crippen LogP contribution is 2.43. The molecule has 1 unspecified atom stereocenters. The van der Waals surface area contributed by atoms with Gasteiger partial charge >= 0.3 is 0 Å². The lowest BCUT2D eigenvalue weighted by Gasteiger charge is -2.16. The van der Waals surface area contributed by atoms with Crippen LogP contribution in [0.5, 0.6) is 0 Å². The van der Waals surface area contributed by atoms with E-state index in [4.69, 9.17) is 17.3 Å². The number of halogens is 1. The average molecular weight is 258 g/mol. The molecular formula is C16H16ClN. The lowest BCUT2D eigenvalue weighted by Crippen LogP contribution is -2.13. The predicted molar refractivity (Wildman–Crippen MR) is 75.9 cm³/mol. The third kappa shape index (κ3) is 2.29. The SMILES string of the molecule is NC(c1ccc(Cl)cc1)c1ccccc1C1CC1. The highest BCUT2D eigenvalue weighted by Gasteiger charge is 2.27. The fourth-order valence-electron chi connectivity index (χ4n) is 2.41. The van der Waals surface area contributed by atoms with Gasteiger partial charge in [-0.05, 0) is 47.6 Å². The molecule has 0 saturated heterocycles. The van der Waals surface area contributed by atoms with E-state index in [0.717, 1.165) is 16.5 Å². The highest BCUT2D eigenvalue weighted by molar-refractivity contribution is 6.30. The van der Waals surface area contributed by atoms with E-state index in [-0.39, 0.29) is 6.04 Å². The Morgan fingerprint density at radius 3 is 2.33 bits per heavy atom. The Hall–Kier alpha value is -1.31.